The second-order valence-electron chi connectivity index (χ2n) is 4.82. The summed E-state index contributed by atoms with van der Waals surface area (Å²) in [7, 11) is 0. The molecule has 2 nitrogen and oxygen atoms in total. The maximum atomic E-state index is 13.6. The average Bonchev–Trinajstić information content (AvgIpc) is 2.34. The van der Waals surface area contributed by atoms with Crippen molar-refractivity contribution in [1.29, 1.82) is 0 Å². The molecule has 1 N–H and O–H groups in total. The van der Waals surface area contributed by atoms with Crippen LogP contribution >= 0.6 is 11.6 Å². The first-order valence-corrected chi connectivity index (χ1v) is 6.76. The number of hydrogen-bond donors (Lipinski definition) is 1. The van der Waals surface area contributed by atoms with Crippen LogP contribution in [0.5, 0.6) is 0 Å². The summed E-state index contributed by atoms with van der Waals surface area (Å²) in [6.45, 7) is 0.771. The van der Waals surface area contributed by atoms with E-state index in [1.165, 1.54) is 6.07 Å². The van der Waals surface area contributed by atoms with Crippen molar-refractivity contribution >= 4 is 11.6 Å². The summed E-state index contributed by atoms with van der Waals surface area (Å²) in [5.41, 5.74) is 0.503. The highest BCUT2D eigenvalue weighted by atomic mass is 35.5. The second-order valence-corrected chi connectivity index (χ2v) is 5.25. The smallest absolute Gasteiger partial charge is 0.127 e. The first-order valence-electron chi connectivity index (χ1n) is 6.39. The number of halogens is 2. The molecule has 1 saturated heterocycles. The molecular formula is C14H18ClFO2. The molecule has 18 heavy (non-hydrogen) atoms. The van der Waals surface area contributed by atoms with Gasteiger partial charge in [-0.3, -0.25) is 0 Å². The number of aliphatic hydroxyl groups is 1. The maximum absolute atomic E-state index is 13.6. The highest BCUT2D eigenvalue weighted by Crippen LogP contribution is 2.21. The largest absolute Gasteiger partial charge is 0.393 e. The van der Waals surface area contributed by atoms with Gasteiger partial charge in [-0.1, -0.05) is 17.7 Å². The summed E-state index contributed by atoms with van der Waals surface area (Å²) in [6, 6.07) is 4.55. The van der Waals surface area contributed by atoms with Gasteiger partial charge in [0.2, 0.25) is 0 Å². The van der Waals surface area contributed by atoms with Crippen LogP contribution in [-0.2, 0) is 11.2 Å². The van der Waals surface area contributed by atoms with Crippen molar-refractivity contribution in [3.05, 3.63) is 34.6 Å². The minimum atomic E-state index is -0.566. The number of benzene rings is 1. The second kappa shape index (κ2) is 6.50. The summed E-state index contributed by atoms with van der Waals surface area (Å²) in [4.78, 5) is 0. The topological polar surface area (TPSA) is 29.5 Å². The Morgan fingerprint density at radius 3 is 2.94 bits per heavy atom. The van der Waals surface area contributed by atoms with Gasteiger partial charge in [0.25, 0.3) is 0 Å². The number of aliphatic hydroxyl groups excluding tert-OH is 1. The molecule has 0 aliphatic carbocycles. The molecule has 1 aliphatic rings. The minimum absolute atomic E-state index is 0.115. The van der Waals surface area contributed by atoms with Gasteiger partial charge in [-0.2, -0.15) is 0 Å². The van der Waals surface area contributed by atoms with Crippen molar-refractivity contribution in [2.45, 2.75) is 44.3 Å². The third-order valence-electron chi connectivity index (χ3n) is 3.28. The molecule has 0 saturated carbocycles. The summed E-state index contributed by atoms with van der Waals surface area (Å²) in [5.74, 6) is -0.355. The molecule has 100 valence electrons. The molecule has 0 amide bonds. The van der Waals surface area contributed by atoms with Crippen LogP contribution in [0, 0.1) is 5.82 Å². The normalized spacial score (nSPS) is 21.8. The van der Waals surface area contributed by atoms with E-state index in [9.17, 15) is 9.50 Å². The van der Waals surface area contributed by atoms with Crippen molar-refractivity contribution in [2.75, 3.05) is 6.61 Å². The Morgan fingerprint density at radius 1 is 1.44 bits per heavy atom. The monoisotopic (exact) mass is 272 g/mol. The molecular weight excluding hydrogens is 255 g/mol. The zero-order valence-corrected chi connectivity index (χ0v) is 11.0. The molecule has 1 aromatic rings. The molecule has 0 aromatic heterocycles. The zero-order valence-electron chi connectivity index (χ0n) is 10.2. The Morgan fingerprint density at radius 2 is 2.28 bits per heavy atom. The molecule has 1 fully saturated rings. The van der Waals surface area contributed by atoms with E-state index in [0.29, 0.717) is 23.4 Å². The van der Waals surface area contributed by atoms with Gasteiger partial charge in [-0.05, 0) is 43.4 Å². The fourth-order valence-electron chi connectivity index (χ4n) is 2.32. The third-order valence-corrected chi connectivity index (χ3v) is 3.51. The predicted molar refractivity (Wildman–Crippen MR) is 69.3 cm³/mol. The molecule has 2 atom stereocenters. The van der Waals surface area contributed by atoms with Gasteiger partial charge in [-0.25, -0.2) is 4.39 Å². The lowest BCUT2D eigenvalue weighted by molar-refractivity contribution is -0.0149. The van der Waals surface area contributed by atoms with Gasteiger partial charge in [0.15, 0.2) is 0 Å². The van der Waals surface area contributed by atoms with Crippen LogP contribution in [0.4, 0.5) is 4.39 Å². The van der Waals surface area contributed by atoms with Crippen molar-refractivity contribution < 1.29 is 14.2 Å². The van der Waals surface area contributed by atoms with E-state index in [1.807, 2.05) is 0 Å². The van der Waals surface area contributed by atoms with E-state index >= 15 is 0 Å². The van der Waals surface area contributed by atoms with E-state index in [4.69, 9.17) is 16.3 Å². The van der Waals surface area contributed by atoms with Crippen molar-refractivity contribution in [1.82, 2.24) is 0 Å². The molecule has 2 unspecified atom stereocenters. The molecule has 1 aliphatic heterocycles. The molecule has 0 spiro atoms. The quantitative estimate of drug-likeness (QED) is 0.911. The van der Waals surface area contributed by atoms with E-state index in [2.05, 4.69) is 0 Å². The highest BCUT2D eigenvalue weighted by molar-refractivity contribution is 6.30. The highest BCUT2D eigenvalue weighted by Gasteiger charge is 2.19. The van der Waals surface area contributed by atoms with Crippen LogP contribution in [0.3, 0.4) is 0 Å². The minimum Gasteiger partial charge on any atom is -0.393 e. The molecule has 0 bridgehead atoms. The standard InChI is InChI=1S/C14H18ClFO2/c15-11-5-4-10(14(16)8-11)7-12(17)9-13-3-1-2-6-18-13/h4-5,8,12-13,17H,1-3,6-7,9H2. The number of hydrogen-bond acceptors (Lipinski definition) is 2. The third kappa shape index (κ3) is 3.94. The van der Waals surface area contributed by atoms with E-state index < -0.39 is 6.10 Å². The van der Waals surface area contributed by atoms with Gasteiger partial charge < -0.3 is 9.84 Å². The van der Waals surface area contributed by atoms with E-state index in [0.717, 1.165) is 25.9 Å². The van der Waals surface area contributed by atoms with Crippen molar-refractivity contribution in [3.63, 3.8) is 0 Å². The van der Waals surface area contributed by atoms with Crippen molar-refractivity contribution in [2.24, 2.45) is 0 Å². The predicted octanol–water partition coefficient (Wildman–Crippen LogP) is 3.34. The first-order chi connectivity index (χ1) is 8.65. The molecule has 2 rings (SSSR count). The van der Waals surface area contributed by atoms with Gasteiger partial charge in [0.1, 0.15) is 5.82 Å². The van der Waals surface area contributed by atoms with Gasteiger partial charge >= 0.3 is 0 Å². The van der Waals surface area contributed by atoms with Crippen LogP contribution in [0.2, 0.25) is 5.02 Å². The van der Waals surface area contributed by atoms with Crippen LogP contribution in [0.1, 0.15) is 31.2 Å². The lowest BCUT2D eigenvalue weighted by Crippen LogP contribution is -2.26. The first kappa shape index (κ1) is 13.8. The molecule has 4 heteroatoms. The fraction of sp³-hybridized carbons (Fsp3) is 0.571. The molecule has 1 aromatic carbocycles. The Bertz CT molecular complexity index is 391. The van der Waals surface area contributed by atoms with Gasteiger partial charge in [0, 0.05) is 18.1 Å². The summed E-state index contributed by atoms with van der Waals surface area (Å²) >= 11 is 5.69. The molecule has 1 heterocycles. The van der Waals surface area contributed by atoms with E-state index in [1.54, 1.807) is 12.1 Å². The average molecular weight is 273 g/mol. The van der Waals surface area contributed by atoms with Crippen molar-refractivity contribution in [3.8, 4) is 0 Å². The molecule has 0 radical (unpaired) electrons. The lowest BCUT2D eigenvalue weighted by Gasteiger charge is -2.24. The Kier molecular flexibility index (Phi) is 4.98. The summed E-state index contributed by atoms with van der Waals surface area (Å²) in [6.07, 6.45) is 3.66. The van der Waals surface area contributed by atoms with Gasteiger partial charge in [-0.15, -0.1) is 0 Å². The van der Waals surface area contributed by atoms with Crippen LogP contribution in [0.25, 0.3) is 0 Å². The maximum Gasteiger partial charge on any atom is 0.127 e. The SMILES string of the molecule is OC(Cc1ccc(Cl)cc1F)CC1CCCCO1. The Labute approximate surface area is 112 Å². The summed E-state index contributed by atoms with van der Waals surface area (Å²) < 4.78 is 19.1. The zero-order chi connectivity index (χ0) is 13.0. The number of rotatable bonds is 4. The van der Waals surface area contributed by atoms with Crippen LogP contribution < -0.4 is 0 Å². The Hall–Kier alpha value is -0.640. The fourth-order valence-corrected chi connectivity index (χ4v) is 2.48. The number of ether oxygens (including phenoxy) is 1. The van der Waals surface area contributed by atoms with Crippen LogP contribution in [-0.4, -0.2) is 23.9 Å². The van der Waals surface area contributed by atoms with Crippen LogP contribution in [0.15, 0.2) is 18.2 Å². The van der Waals surface area contributed by atoms with Gasteiger partial charge in [0.05, 0.1) is 12.2 Å². The summed E-state index contributed by atoms with van der Waals surface area (Å²) in [5, 5.41) is 10.3. The lowest BCUT2D eigenvalue weighted by atomic mass is 9.99. The Balaban J connectivity index is 1.87. The van der Waals surface area contributed by atoms with E-state index in [-0.39, 0.29) is 11.9 Å².